The summed E-state index contributed by atoms with van der Waals surface area (Å²) in [4.78, 5) is 2.80. The predicted molar refractivity (Wildman–Crippen MR) is 79.2 cm³/mol. The van der Waals surface area contributed by atoms with E-state index in [9.17, 15) is 5.11 Å². The van der Waals surface area contributed by atoms with Crippen LogP contribution in [-0.2, 0) is 5.60 Å². The quantitative estimate of drug-likeness (QED) is 0.367. The normalized spacial score (nSPS) is 18.3. The molecule has 1 atom stereocenters. The molecule has 1 unspecified atom stereocenters. The Morgan fingerprint density at radius 2 is 2.00 bits per heavy atom. The molecule has 0 radical (unpaired) electrons. The van der Waals surface area contributed by atoms with E-state index in [4.69, 9.17) is 5.53 Å². The van der Waals surface area contributed by atoms with E-state index in [1.807, 2.05) is 6.07 Å². The standard InChI is InChI=1S/C16H19N3O/c1-16(20,12-11-13-7-3-2-4-8-13)14-9-5-6-10-15(14)18-19-17/h5-6,9-10,13,20H,2-4,7-8H2,1H3. The van der Waals surface area contributed by atoms with E-state index in [-0.39, 0.29) is 0 Å². The summed E-state index contributed by atoms with van der Waals surface area (Å²) in [6, 6.07) is 7.02. The molecule has 0 bridgehead atoms. The minimum absolute atomic E-state index is 0.377. The van der Waals surface area contributed by atoms with Crippen molar-refractivity contribution in [3.8, 4) is 11.8 Å². The first kappa shape index (κ1) is 14.5. The lowest BCUT2D eigenvalue weighted by Gasteiger charge is -2.20. The van der Waals surface area contributed by atoms with Crippen LogP contribution in [0.4, 0.5) is 5.69 Å². The fourth-order valence-corrected chi connectivity index (χ4v) is 2.58. The smallest absolute Gasteiger partial charge is 0.148 e. The van der Waals surface area contributed by atoms with E-state index < -0.39 is 5.60 Å². The Morgan fingerprint density at radius 3 is 2.70 bits per heavy atom. The third kappa shape index (κ3) is 3.54. The van der Waals surface area contributed by atoms with Crippen LogP contribution in [0.25, 0.3) is 10.4 Å². The van der Waals surface area contributed by atoms with Gasteiger partial charge in [0, 0.05) is 22.1 Å². The number of hydrogen-bond donors (Lipinski definition) is 1. The molecule has 4 heteroatoms. The Kier molecular flexibility index (Phi) is 4.68. The van der Waals surface area contributed by atoms with E-state index in [2.05, 4.69) is 21.9 Å². The highest BCUT2D eigenvalue weighted by atomic mass is 16.3. The van der Waals surface area contributed by atoms with Crippen LogP contribution in [-0.4, -0.2) is 5.11 Å². The number of rotatable bonds is 2. The van der Waals surface area contributed by atoms with E-state index in [0.717, 1.165) is 12.8 Å². The number of nitrogens with zero attached hydrogens (tertiary/aromatic N) is 3. The van der Waals surface area contributed by atoms with Gasteiger partial charge < -0.3 is 5.11 Å². The minimum Gasteiger partial charge on any atom is -0.374 e. The summed E-state index contributed by atoms with van der Waals surface area (Å²) in [5, 5.41) is 14.2. The summed E-state index contributed by atoms with van der Waals surface area (Å²) in [5.41, 5.74) is 8.28. The van der Waals surface area contributed by atoms with Crippen LogP contribution in [0.5, 0.6) is 0 Å². The fraction of sp³-hybridized carbons (Fsp3) is 0.500. The molecular formula is C16H19N3O. The van der Waals surface area contributed by atoms with Gasteiger partial charge in [-0.05, 0) is 25.3 Å². The third-order valence-electron chi connectivity index (χ3n) is 3.71. The summed E-state index contributed by atoms with van der Waals surface area (Å²) in [7, 11) is 0. The number of benzene rings is 1. The molecule has 0 aliphatic heterocycles. The molecule has 1 N–H and O–H groups in total. The van der Waals surface area contributed by atoms with E-state index in [0.29, 0.717) is 17.2 Å². The summed E-state index contributed by atoms with van der Waals surface area (Å²) in [5.74, 6) is 6.54. The van der Waals surface area contributed by atoms with Crippen molar-refractivity contribution in [1.82, 2.24) is 0 Å². The van der Waals surface area contributed by atoms with Crippen LogP contribution in [0.3, 0.4) is 0 Å². The summed E-state index contributed by atoms with van der Waals surface area (Å²) in [6.45, 7) is 1.65. The van der Waals surface area contributed by atoms with E-state index in [1.54, 1.807) is 25.1 Å². The topological polar surface area (TPSA) is 69.0 Å². The second kappa shape index (κ2) is 6.47. The maximum absolute atomic E-state index is 10.6. The largest absolute Gasteiger partial charge is 0.374 e. The van der Waals surface area contributed by atoms with Gasteiger partial charge in [-0.1, -0.05) is 60.5 Å². The maximum atomic E-state index is 10.6. The van der Waals surface area contributed by atoms with Crippen LogP contribution < -0.4 is 0 Å². The van der Waals surface area contributed by atoms with Crippen LogP contribution in [0.2, 0.25) is 0 Å². The van der Waals surface area contributed by atoms with Crippen molar-refractivity contribution in [3.05, 3.63) is 40.3 Å². The summed E-state index contributed by atoms with van der Waals surface area (Å²) < 4.78 is 0. The van der Waals surface area contributed by atoms with Crippen molar-refractivity contribution in [2.75, 3.05) is 0 Å². The molecule has 2 rings (SSSR count). The molecule has 1 aromatic rings. The first-order valence-electron chi connectivity index (χ1n) is 7.03. The van der Waals surface area contributed by atoms with Crippen molar-refractivity contribution in [3.63, 3.8) is 0 Å². The van der Waals surface area contributed by atoms with Crippen molar-refractivity contribution < 1.29 is 5.11 Å². The number of hydrogen-bond acceptors (Lipinski definition) is 2. The molecular weight excluding hydrogens is 250 g/mol. The molecule has 0 heterocycles. The minimum atomic E-state index is -1.29. The predicted octanol–water partition coefficient (Wildman–Crippen LogP) is 4.42. The maximum Gasteiger partial charge on any atom is 0.148 e. The fourth-order valence-electron chi connectivity index (χ4n) is 2.58. The molecule has 1 saturated carbocycles. The molecule has 1 fully saturated rings. The Hall–Kier alpha value is -1.95. The Labute approximate surface area is 119 Å². The molecule has 1 aliphatic carbocycles. The van der Waals surface area contributed by atoms with Gasteiger partial charge in [0.1, 0.15) is 5.60 Å². The summed E-state index contributed by atoms with van der Waals surface area (Å²) >= 11 is 0. The highest BCUT2D eigenvalue weighted by Crippen LogP contribution is 2.30. The van der Waals surface area contributed by atoms with Gasteiger partial charge in [-0.15, -0.1) is 0 Å². The monoisotopic (exact) mass is 269 g/mol. The molecule has 20 heavy (non-hydrogen) atoms. The molecule has 1 aromatic carbocycles. The van der Waals surface area contributed by atoms with Gasteiger partial charge >= 0.3 is 0 Å². The van der Waals surface area contributed by atoms with Gasteiger partial charge in [-0.3, -0.25) is 0 Å². The zero-order valence-electron chi connectivity index (χ0n) is 11.7. The van der Waals surface area contributed by atoms with Gasteiger partial charge in [0.25, 0.3) is 0 Å². The van der Waals surface area contributed by atoms with E-state index in [1.165, 1.54) is 19.3 Å². The zero-order valence-corrected chi connectivity index (χ0v) is 11.7. The number of aliphatic hydroxyl groups is 1. The SMILES string of the molecule is CC(O)(C#CC1CCCCC1)c1ccccc1N=[N+]=[N-]. The second-order valence-corrected chi connectivity index (χ2v) is 5.38. The first-order chi connectivity index (χ1) is 9.63. The van der Waals surface area contributed by atoms with Crippen molar-refractivity contribution >= 4 is 5.69 Å². The lowest BCUT2D eigenvalue weighted by molar-refractivity contribution is 0.122. The Balaban J connectivity index is 2.25. The lowest BCUT2D eigenvalue weighted by Crippen LogP contribution is -2.19. The van der Waals surface area contributed by atoms with Crippen LogP contribution >= 0.6 is 0 Å². The third-order valence-corrected chi connectivity index (χ3v) is 3.71. The average molecular weight is 269 g/mol. The molecule has 104 valence electrons. The molecule has 0 saturated heterocycles. The molecule has 0 spiro atoms. The van der Waals surface area contributed by atoms with E-state index >= 15 is 0 Å². The molecule has 0 amide bonds. The van der Waals surface area contributed by atoms with Crippen LogP contribution in [0.15, 0.2) is 29.4 Å². The molecule has 4 nitrogen and oxygen atoms in total. The van der Waals surface area contributed by atoms with Crippen LogP contribution in [0.1, 0.15) is 44.6 Å². The van der Waals surface area contributed by atoms with Gasteiger partial charge in [-0.25, -0.2) is 0 Å². The number of azide groups is 1. The van der Waals surface area contributed by atoms with Crippen molar-refractivity contribution in [1.29, 1.82) is 0 Å². The zero-order chi connectivity index (χ0) is 14.4. The molecule has 1 aliphatic rings. The summed E-state index contributed by atoms with van der Waals surface area (Å²) in [6.07, 6.45) is 5.95. The molecule has 0 aromatic heterocycles. The lowest BCUT2D eigenvalue weighted by atomic mass is 9.88. The van der Waals surface area contributed by atoms with Gasteiger partial charge in [0.05, 0.1) is 0 Å². The van der Waals surface area contributed by atoms with Gasteiger partial charge in [0.2, 0.25) is 0 Å². The van der Waals surface area contributed by atoms with Gasteiger partial charge in [0.15, 0.2) is 0 Å². The van der Waals surface area contributed by atoms with Crippen molar-refractivity contribution in [2.24, 2.45) is 11.0 Å². The Bertz CT molecular complexity index is 571. The average Bonchev–Trinajstić information content (AvgIpc) is 2.47. The first-order valence-corrected chi connectivity index (χ1v) is 7.03. The second-order valence-electron chi connectivity index (χ2n) is 5.38. The van der Waals surface area contributed by atoms with Crippen LogP contribution in [0, 0.1) is 17.8 Å². The Morgan fingerprint density at radius 1 is 1.30 bits per heavy atom. The van der Waals surface area contributed by atoms with Gasteiger partial charge in [-0.2, -0.15) is 0 Å². The van der Waals surface area contributed by atoms with Crippen molar-refractivity contribution in [2.45, 2.75) is 44.6 Å². The highest BCUT2D eigenvalue weighted by molar-refractivity contribution is 5.51. The highest BCUT2D eigenvalue weighted by Gasteiger charge is 2.23.